The number of benzene rings is 4. The maximum atomic E-state index is 10.4. The lowest BCUT2D eigenvalue weighted by molar-refractivity contribution is 0.477. The lowest BCUT2D eigenvalue weighted by Crippen LogP contribution is -1.92. The maximum absolute atomic E-state index is 10.4. The first-order valence-electron chi connectivity index (χ1n) is 8.70. The zero-order valence-corrected chi connectivity index (χ0v) is 14.6. The monoisotopic (exact) mass is 353 g/mol. The molecule has 0 saturated carbocycles. The minimum atomic E-state index is 0.143. The number of aromatic hydroxyl groups is 2. The molecule has 0 aliphatic carbocycles. The van der Waals surface area contributed by atoms with Crippen molar-refractivity contribution in [3.05, 3.63) is 91.0 Å². The van der Waals surface area contributed by atoms with Crippen molar-refractivity contribution in [2.75, 3.05) is 5.73 Å². The summed E-state index contributed by atoms with van der Waals surface area (Å²) in [5, 5.41) is 20.7. The summed E-state index contributed by atoms with van der Waals surface area (Å²) in [6.45, 7) is 0. The number of rotatable bonds is 3. The van der Waals surface area contributed by atoms with Crippen LogP contribution in [0.1, 0.15) is 0 Å². The van der Waals surface area contributed by atoms with Gasteiger partial charge < -0.3 is 15.9 Å². The fourth-order valence-corrected chi connectivity index (χ4v) is 3.26. The van der Waals surface area contributed by atoms with Gasteiger partial charge in [-0.2, -0.15) is 0 Å². The van der Waals surface area contributed by atoms with Crippen molar-refractivity contribution >= 4 is 5.69 Å². The number of nitrogen functional groups attached to an aromatic ring is 1. The van der Waals surface area contributed by atoms with Gasteiger partial charge in [-0.25, -0.2) is 0 Å². The number of nitrogens with two attached hydrogens (primary N) is 1. The van der Waals surface area contributed by atoms with Crippen LogP contribution < -0.4 is 5.73 Å². The highest BCUT2D eigenvalue weighted by Gasteiger charge is 2.13. The highest BCUT2D eigenvalue weighted by molar-refractivity contribution is 5.87. The van der Waals surface area contributed by atoms with Crippen molar-refractivity contribution in [1.29, 1.82) is 0 Å². The largest absolute Gasteiger partial charge is 0.507 e. The van der Waals surface area contributed by atoms with E-state index >= 15 is 0 Å². The summed E-state index contributed by atoms with van der Waals surface area (Å²) in [6, 6.07) is 28.3. The molecular weight excluding hydrogens is 334 g/mol. The highest BCUT2D eigenvalue weighted by atomic mass is 16.3. The molecule has 0 amide bonds. The van der Waals surface area contributed by atoms with Gasteiger partial charge in [0.15, 0.2) is 0 Å². The second-order valence-electron chi connectivity index (χ2n) is 6.42. The summed E-state index contributed by atoms with van der Waals surface area (Å²) in [7, 11) is 0. The molecule has 4 rings (SSSR count). The van der Waals surface area contributed by atoms with Crippen molar-refractivity contribution in [1.82, 2.24) is 0 Å². The average Bonchev–Trinajstić information content (AvgIpc) is 2.70. The van der Waals surface area contributed by atoms with Gasteiger partial charge in [-0.15, -0.1) is 0 Å². The minimum absolute atomic E-state index is 0.143. The van der Waals surface area contributed by atoms with Crippen molar-refractivity contribution < 1.29 is 10.2 Å². The Hall–Kier alpha value is -3.72. The second kappa shape index (κ2) is 6.89. The summed E-state index contributed by atoms with van der Waals surface area (Å²) in [6.07, 6.45) is 0. The number of phenolic OH excluding ortho intramolecular Hbond substituents is 2. The summed E-state index contributed by atoms with van der Waals surface area (Å²) in [5.41, 5.74) is 11.7. The summed E-state index contributed by atoms with van der Waals surface area (Å²) in [4.78, 5) is 0. The van der Waals surface area contributed by atoms with Gasteiger partial charge >= 0.3 is 0 Å². The van der Waals surface area contributed by atoms with Crippen molar-refractivity contribution in [2.45, 2.75) is 0 Å². The molecule has 0 bridgehead atoms. The Kier molecular flexibility index (Phi) is 4.27. The summed E-state index contributed by atoms with van der Waals surface area (Å²) in [5.74, 6) is 0.357. The first-order valence-corrected chi connectivity index (χ1v) is 8.70. The van der Waals surface area contributed by atoms with Crippen LogP contribution in [0.4, 0.5) is 5.69 Å². The minimum Gasteiger partial charge on any atom is -0.507 e. The van der Waals surface area contributed by atoms with Crippen LogP contribution in [0.25, 0.3) is 33.4 Å². The fourth-order valence-electron chi connectivity index (χ4n) is 3.26. The molecule has 4 aromatic rings. The Morgan fingerprint density at radius 1 is 0.481 bits per heavy atom. The van der Waals surface area contributed by atoms with E-state index in [-0.39, 0.29) is 11.5 Å². The molecule has 4 N–H and O–H groups in total. The summed E-state index contributed by atoms with van der Waals surface area (Å²) < 4.78 is 0. The Bertz CT molecular complexity index is 1090. The zero-order valence-electron chi connectivity index (χ0n) is 14.6. The highest BCUT2D eigenvalue weighted by Crippen LogP contribution is 2.40. The Morgan fingerprint density at radius 2 is 1.04 bits per heavy atom. The first-order chi connectivity index (χ1) is 13.1. The molecule has 0 aromatic heterocycles. The van der Waals surface area contributed by atoms with Crippen LogP contribution in [0, 0.1) is 0 Å². The molecule has 0 fully saturated rings. The molecule has 0 saturated heterocycles. The maximum Gasteiger partial charge on any atom is 0.125 e. The first kappa shape index (κ1) is 16.7. The van der Waals surface area contributed by atoms with E-state index in [1.165, 1.54) is 0 Å². The quantitative estimate of drug-likeness (QED) is 0.415. The van der Waals surface area contributed by atoms with Gasteiger partial charge in [-0.3, -0.25) is 0 Å². The summed E-state index contributed by atoms with van der Waals surface area (Å²) >= 11 is 0. The van der Waals surface area contributed by atoms with Gasteiger partial charge in [0.25, 0.3) is 0 Å². The SMILES string of the molecule is Nc1cc(O)c(-c2ccccc2)cc1-c1ccc(O)c(-c2ccccc2)c1. The van der Waals surface area contributed by atoms with Crippen LogP contribution in [0.5, 0.6) is 11.5 Å². The van der Waals surface area contributed by atoms with E-state index in [4.69, 9.17) is 5.73 Å². The van der Waals surface area contributed by atoms with Crippen molar-refractivity contribution in [3.8, 4) is 44.9 Å². The molecule has 132 valence electrons. The topological polar surface area (TPSA) is 66.5 Å². The number of phenols is 2. The Balaban J connectivity index is 1.87. The normalized spacial score (nSPS) is 10.7. The molecule has 3 heteroatoms. The molecule has 0 spiro atoms. The Labute approximate surface area is 158 Å². The Morgan fingerprint density at radius 3 is 1.63 bits per heavy atom. The van der Waals surface area contributed by atoms with Gasteiger partial charge in [0.2, 0.25) is 0 Å². The van der Waals surface area contributed by atoms with E-state index in [0.29, 0.717) is 11.3 Å². The van der Waals surface area contributed by atoms with E-state index in [0.717, 1.165) is 27.8 Å². The van der Waals surface area contributed by atoms with Gasteiger partial charge in [0, 0.05) is 28.4 Å². The van der Waals surface area contributed by atoms with Crippen LogP contribution in [0.2, 0.25) is 0 Å². The molecular formula is C24H19NO2. The number of hydrogen-bond acceptors (Lipinski definition) is 3. The van der Waals surface area contributed by atoms with E-state index in [9.17, 15) is 10.2 Å². The van der Waals surface area contributed by atoms with Crippen molar-refractivity contribution in [2.24, 2.45) is 0 Å². The van der Waals surface area contributed by atoms with Crippen LogP contribution in [0.15, 0.2) is 91.0 Å². The third-order valence-electron chi connectivity index (χ3n) is 4.64. The predicted molar refractivity (Wildman–Crippen MR) is 110 cm³/mol. The average molecular weight is 353 g/mol. The fraction of sp³-hybridized carbons (Fsp3) is 0. The predicted octanol–water partition coefficient (Wildman–Crippen LogP) is 5.68. The zero-order chi connectivity index (χ0) is 18.8. The molecule has 0 aliphatic heterocycles. The van der Waals surface area contributed by atoms with Gasteiger partial charge in [-0.1, -0.05) is 66.7 Å². The van der Waals surface area contributed by atoms with E-state index < -0.39 is 0 Å². The van der Waals surface area contributed by atoms with Gasteiger partial charge in [0.1, 0.15) is 11.5 Å². The molecule has 0 atom stereocenters. The molecule has 27 heavy (non-hydrogen) atoms. The van der Waals surface area contributed by atoms with Crippen LogP contribution >= 0.6 is 0 Å². The number of anilines is 1. The molecule has 4 aromatic carbocycles. The third-order valence-corrected chi connectivity index (χ3v) is 4.64. The lowest BCUT2D eigenvalue weighted by atomic mass is 9.94. The van der Waals surface area contributed by atoms with E-state index in [1.807, 2.05) is 78.9 Å². The van der Waals surface area contributed by atoms with Crippen molar-refractivity contribution in [3.63, 3.8) is 0 Å². The smallest absolute Gasteiger partial charge is 0.125 e. The van der Waals surface area contributed by atoms with E-state index in [1.54, 1.807) is 12.1 Å². The molecule has 0 heterocycles. The van der Waals surface area contributed by atoms with E-state index in [2.05, 4.69) is 0 Å². The molecule has 0 aliphatic rings. The molecule has 0 unspecified atom stereocenters. The molecule has 3 nitrogen and oxygen atoms in total. The molecule has 0 radical (unpaired) electrons. The van der Waals surface area contributed by atoms with Crippen LogP contribution in [-0.2, 0) is 0 Å². The van der Waals surface area contributed by atoms with Crippen LogP contribution in [-0.4, -0.2) is 10.2 Å². The van der Waals surface area contributed by atoms with Gasteiger partial charge in [0.05, 0.1) is 0 Å². The number of hydrogen-bond donors (Lipinski definition) is 3. The third kappa shape index (κ3) is 3.23. The lowest BCUT2D eigenvalue weighted by Gasteiger charge is -2.13. The standard InChI is InChI=1S/C24H19NO2/c25-22-15-24(27)21(17-9-5-2-6-10-17)14-19(22)18-11-12-23(26)20(13-18)16-7-3-1-4-8-16/h1-15,26-27H,25H2. The van der Waals surface area contributed by atoms with Crippen LogP contribution in [0.3, 0.4) is 0 Å². The second-order valence-corrected chi connectivity index (χ2v) is 6.42. The van der Waals surface area contributed by atoms with Gasteiger partial charge in [-0.05, 0) is 34.9 Å².